The maximum atomic E-state index is 13.8. The Morgan fingerprint density at radius 2 is 1.94 bits per heavy atom. The molecule has 35 heavy (non-hydrogen) atoms. The summed E-state index contributed by atoms with van der Waals surface area (Å²) < 4.78 is 95.0. The van der Waals surface area contributed by atoms with E-state index in [1.165, 1.54) is 6.92 Å². The van der Waals surface area contributed by atoms with Crippen molar-refractivity contribution in [3.8, 4) is 5.88 Å². The monoisotopic (exact) mass is 509 g/mol. The first kappa shape index (κ1) is 26.0. The number of carbonyl (C=O) groups excluding carboxylic acids is 2. The summed E-state index contributed by atoms with van der Waals surface area (Å²) >= 11 is 0. The fourth-order valence-electron chi connectivity index (χ4n) is 3.21. The number of piperazine rings is 1. The molecule has 0 unspecified atom stereocenters. The van der Waals surface area contributed by atoms with Gasteiger partial charge in [-0.2, -0.15) is 26.3 Å². The van der Waals surface area contributed by atoms with Gasteiger partial charge < -0.3 is 20.3 Å². The van der Waals surface area contributed by atoms with E-state index < -0.39 is 66.1 Å². The Morgan fingerprint density at radius 3 is 2.54 bits per heavy atom. The van der Waals surface area contributed by atoms with Crippen LogP contribution in [-0.4, -0.2) is 58.7 Å². The lowest BCUT2D eigenvalue weighted by Gasteiger charge is -2.34. The van der Waals surface area contributed by atoms with E-state index in [0.29, 0.717) is 6.07 Å². The third kappa shape index (κ3) is 6.48. The van der Waals surface area contributed by atoms with E-state index in [2.05, 4.69) is 25.3 Å². The highest BCUT2D eigenvalue weighted by Crippen LogP contribution is 2.32. The van der Waals surface area contributed by atoms with Gasteiger partial charge in [0, 0.05) is 25.4 Å². The van der Waals surface area contributed by atoms with Crippen LogP contribution in [0.25, 0.3) is 0 Å². The number of halogens is 7. The van der Waals surface area contributed by atoms with E-state index in [9.17, 15) is 40.3 Å². The van der Waals surface area contributed by atoms with Gasteiger partial charge in [-0.05, 0) is 30.7 Å². The second-order valence-corrected chi connectivity index (χ2v) is 7.44. The van der Waals surface area contributed by atoms with Gasteiger partial charge in [-0.25, -0.2) is 19.2 Å². The number of carbonyl (C=O) groups is 2. The van der Waals surface area contributed by atoms with E-state index in [1.54, 1.807) is 0 Å². The molecule has 2 N–H and O–H groups in total. The van der Waals surface area contributed by atoms with Gasteiger partial charge in [0.2, 0.25) is 11.8 Å². The summed E-state index contributed by atoms with van der Waals surface area (Å²) in [7, 11) is 0. The number of amides is 3. The number of hydrogen-bond donors (Lipinski definition) is 2. The van der Waals surface area contributed by atoms with Gasteiger partial charge >= 0.3 is 18.4 Å². The van der Waals surface area contributed by atoms with Crippen molar-refractivity contribution in [2.75, 3.05) is 19.7 Å². The van der Waals surface area contributed by atoms with Gasteiger partial charge in [0.15, 0.2) is 18.1 Å². The second kappa shape index (κ2) is 9.92. The minimum Gasteiger partial charge on any atom is -0.468 e. The number of urea groups is 1. The average Bonchev–Trinajstić information content (AvgIpc) is 2.77. The minimum atomic E-state index is -5.14. The summed E-state index contributed by atoms with van der Waals surface area (Å²) in [4.78, 5) is 32.9. The van der Waals surface area contributed by atoms with Crippen LogP contribution in [0.3, 0.4) is 0 Å². The molecular formula is C20H18F7N5O3. The summed E-state index contributed by atoms with van der Waals surface area (Å²) in [5, 5.41) is 4.99. The van der Waals surface area contributed by atoms with E-state index in [4.69, 9.17) is 0 Å². The van der Waals surface area contributed by atoms with E-state index in [-0.39, 0.29) is 18.7 Å². The SMILES string of the molecule is C[C@@H]1C(=O)NCCN1C(=O)N[C@@H](c1ccc(OCC(F)(F)F)nc1)c1ccc(F)c(C(F)(F)F)n1. The molecule has 2 aromatic rings. The van der Waals surface area contributed by atoms with Crippen LogP contribution in [0.5, 0.6) is 5.88 Å². The molecule has 1 saturated heterocycles. The molecule has 0 aliphatic carbocycles. The molecule has 2 aromatic heterocycles. The Hall–Kier alpha value is -3.65. The Morgan fingerprint density at radius 1 is 1.23 bits per heavy atom. The number of nitrogens with zero attached hydrogens (tertiary/aromatic N) is 3. The molecule has 3 rings (SSSR count). The highest BCUT2D eigenvalue weighted by molar-refractivity contribution is 5.88. The molecule has 190 valence electrons. The summed E-state index contributed by atoms with van der Waals surface area (Å²) in [5.41, 5.74) is -2.23. The fourth-order valence-corrected chi connectivity index (χ4v) is 3.21. The molecule has 3 heterocycles. The van der Waals surface area contributed by atoms with Crippen LogP contribution in [0.2, 0.25) is 0 Å². The van der Waals surface area contributed by atoms with Gasteiger partial charge in [0.1, 0.15) is 6.04 Å². The number of rotatable bonds is 5. The van der Waals surface area contributed by atoms with Gasteiger partial charge in [-0.3, -0.25) is 4.79 Å². The topological polar surface area (TPSA) is 96.5 Å². The van der Waals surface area contributed by atoms with Crippen molar-refractivity contribution in [1.29, 1.82) is 0 Å². The maximum absolute atomic E-state index is 13.8. The van der Waals surface area contributed by atoms with Crippen molar-refractivity contribution in [3.05, 3.63) is 53.2 Å². The molecule has 15 heteroatoms. The number of aromatic nitrogens is 2. The predicted molar refractivity (Wildman–Crippen MR) is 105 cm³/mol. The maximum Gasteiger partial charge on any atom is 0.436 e. The third-order valence-corrected chi connectivity index (χ3v) is 4.94. The van der Waals surface area contributed by atoms with Crippen LogP contribution < -0.4 is 15.4 Å². The third-order valence-electron chi connectivity index (χ3n) is 4.94. The molecule has 0 spiro atoms. The van der Waals surface area contributed by atoms with Crippen LogP contribution in [0.4, 0.5) is 35.5 Å². The normalized spacial score (nSPS) is 17.5. The number of nitrogens with one attached hydrogen (secondary N) is 2. The molecule has 0 saturated carbocycles. The number of ether oxygens (including phenoxy) is 1. The van der Waals surface area contributed by atoms with Crippen LogP contribution in [0, 0.1) is 5.82 Å². The molecule has 0 radical (unpaired) electrons. The first-order chi connectivity index (χ1) is 16.3. The van der Waals surface area contributed by atoms with Gasteiger partial charge in [-0.1, -0.05) is 0 Å². The van der Waals surface area contributed by atoms with Gasteiger partial charge in [0.05, 0.1) is 11.7 Å². The molecule has 3 amide bonds. The van der Waals surface area contributed by atoms with Crippen molar-refractivity contribution < 1.29 is 45.1 Å². The lowest BCUT2D eigenvalue weighted by Crippen LogP contribution is -2.58. The first-order valence-corrected chi connectivity index (χ1v) is 10.0. The molecule has 8 nitrogen and oxygen atoms in total. The van der Waals surface area contributed by atoms with Gasteiger partial charge in [-0.15, -0.1) is 0 Å². The summed E-state index contributed by atoms with van der Waals surface area (Å²) in [6.45, 7) is 0.0534. The molecule has 0 bridgehead atoms. The van der Waals surface area contributed by atoms with Crippen molar-refractivity contribution in [3.63, 3.8) is 0 Å². The lowest BCUT2D eigenvalue weighted by molar-refractivity contribution is -0.154. The van der Waals surface area contributed by atoms with E-state index >= 15 is 0 Å². The second-order valence-electron chi connectivity index (χ2n) is 7.44. The standard InChI is InChI=1S/C20H18F7N5O3/c1-10-17(33)28-6-7-32(10)18(34)31-15(13-4-3-12(21)16(30-13)20(25,26)27)11-2-5-14(29-8-11)35-9-19(22,23)24/h2-5,8,10,15H,6-7,9H2,1H3,(H,28,33)(H,31,34)/t10-,15+/m1/s1. The summed E-state index contributed by atoms with van der Waals surface area (Å²) in [6, 6.07) is 0.457. The Labute approximate surface area is 193 Å². The predicted octanol–water partition coefficient (Wildman–Crippen LogP) is 3.19. The van der Waals surface area contributed by atoms with Crippen molar-refractivity contribution in [2.24, 2.45) is 0 Å². The Kier molecular flexibility index (Phi) is 7.36. The highest BCUT2D eigenvalue weighted by Gasteiger charge is 2.38. The van der Waals surface area contributed by atoms with E-state index in [1.807, 2.05) is 0 Å². The van der Waals surface area contributed by atoms with Crippen LogP contribution in [0.1, 0.15) is 29.9 Å². The van der Waals surface area contributed by atoms with Crippen LogP contribution in [0.15, 0.2) is 30.5 Å². The van der Waals surface area contributed by atoms with Crippen molar-refractivity contribution in [2.45, 2.75) is 31.4 Å². The van der Waals surface area contributed by atoms with Crippen molar-refractivity contribution >= 4 is 11.9 Å². The summed E-state index contributed by atoms with van der Waals surface area (Å²) in [6.07, 6.45) is -8.79. The zero-order chi connectivity index (χ0) is 26.0. The largest absolute Gasteiger partial charge is 0.468 e. The lowest BCUT2D eigenvalue weighted by atomic mass is 10.0. The number of hydrogen-bond acceptors (Lipinski definition) is 5. The molecule has 0 aromatic carbocycles. The van der Waals surface area contributed by atoms with Gasteiger partial charge in [0.25, 0.3) is 0 Å². The number of pyridine rings is 2. The molecule has 2 atom stereocenters. The smallest absolute Gasteiger partial charge is 0.436 e. The molecule has 1 aliphatic heterocycles. The highest BCUT2D eigenvalue weighted by atomic mass is 19.4. The minimum absolute atomic E-state index is 0.0130. The quantitative estimate of drug-likeness (QED) is 0.604. The fraction of sp³-hybridized carbons (Fsp3) is 0.400. The Bertz CT molecular complexity index is 1080. The summed E-state index contributed by atoms with van der Waals surface area (Å²) in [5.74, 6) is -2.52. The molecule has 1 fully saturated rings. The zero-order valence-corrected chi connectivity index (χ0v) is 17.9. The zero-order valence-electron chi connectivity index (χ0n) is 17.9. The molecule has 1 aliphatic rings. The van der Waals surface area contributed by atoms with Crippen molar-refractivity contribution in [1.82, 2.24) is 25.5 Å². The van der Waals surface area contributed by atoms with Crippen LogP contribution in [-0.2, 0) is 11.0 Å². The van der Waals surface area contributed by atoms with Crippen LogP contribution >= 0.6 is 0 Å². The average molecular weight is 509 g/mol. The van der Waals surface area contributed by atoms with E-state index in [0.717, 1.165) is 29.3 Å². The first-order valence-electron chi connectivity index (χ1n) is 10.0. The Balaban J connectivity index is 1.95. The number of alkyl halides is 6. The molecular weight excluding hydrogens is 491 g/mol.